The maximum Gasteiger partial charge on any atom is 0.115 e. The Kier molecular flexibility index (Phi) is 5.03. The molecule has 1 unspecified atom stereocenters. The second-order valence-corrected chi connectivity index (χ2v) is 4.49. The average Bonchev–Trinajstić information content (AvgIpc) is 2.87. The number of nitrogens with zero attached hydrogens (tertiary/aromatic N) is 4. The lowest BCUT2D eigenvalue weighted by Crippen LogP contribution is -2.25. The van der Waals surface area contributed by atoms with Crippen LogP contribution in [0.4, 0.5) is 0 Å². The van der Waals surface area contributed by atoms with Crippen LogP contribution in [0.15, 0.2) is 31.0 Å². The van der Waals surface area contributed by atoms with E-state index in [0.29, 0.717) is 0 Å². The third kappa shape index (κ3) is 3.61. The molecule has 0 spiro atoms. The van der Waals surface area contributed by atoms with Crippen molar-refractivity contribution in [3.63, 3.8) is 0 Å². The maximum atomic E-state index is 4.46. The molecule has 0 saturated carbocycles. The topological polar surface area (TPSA) is 55.6 Å². The van der Waals surface area contributed by atoms with Crippen LogP contribution in [0.5, 0.6) is 0 Å². The predicted octanol–water partition coefficient (Wildman–Crippen LogP) is 1.98. The fourth-order valence-electron chi connectivity index (χ4n) is 2.19. The van der Waals surface area contributed by atoms with Crippen LogP contribution in [0.2, 0.25) is 0 Å². The van der Waals surface area contributed by atoms with Gasteiger partial charge in [0, 0.05) is 31.6 Å². The lowest BCUT2D eigenvalue weighted by atomic mass is 10.1. The van der Waals surface area contributed by atoms with Crippen molar-refractivity contribution in [2.45, 2.75) is 39.3 Å². The molecule has 2 rings (SSSR count). The Labute approximate surface area is 114 Å². The standard InChI is InChI=1S/C14H21N5/c1-3-8-19-9-7-17-14(19)10-13(16-4-2)12-5-6-15-11-18-12/h5-7,9,11,13,16H,3-4,8,10H2,1-2H3. The van der Waals surface area contributed by atoms with Gasteiger partial charge in [-0.2, -0.15) is 0 Å². The molecule has 0 aliphatic rings. The summed E-state index contributed by atoms with van der Waals surface area (Å²) >= 11 is 0. The van der Waals surface area contributed by atoms with Crippen molar-refractivity contribution >= 4 is 0 Å². The molecule has 0 aliphatic heterocycles. The molecule has 0 radical (unpaired) electrons. The van der Waals surface area contributed by atoms with Gasteiger partial charge in [0.2, 0.25) is 0 Å². The SMILES string of the molecule is CCCn1ccnc1CC(NCC)c1ccncn1. The summed E-state index contributed by atoms with van der Waals surface area (Å²) in [5.74, 6) is 1.10. The molecule has 0 aliphatic carbocycles. The molecule has 5 heteroatoms. The van der Waals surface area contributed by atoms with Crippen LogP contribution in [0.25, 0.3) is 0 Å². The van der Waals surface area contributed by atoms with E-state index in [1.54, 1.807) is 12.5 Å². The Hall–Kier alpha value is -1.75. The Morgan fingerprint density at radius 1 is 1.26 bits per heavy atom. The molecule has 2 heterocycles. The minimum atomic E-state index is 0.186. The number of likely N-dealkylation sites (N-methyl/N-ethyl adjacent to an activating group) is 1. The summed E-state index contributed by atoms with van der Waals surface area (Å²) in [6.45, 7) is 6.20. The van der Waals surface area contributed by atoms with E-state index in [2.05, 4.69) is 38.7 Å². The van der Waals surface area contributed by atoms with E-state index in [9.17, 15) is 0 Å². The lowest BCUT2D eigenvalue weighted by molar-refractivity contribution is 0.505. The van der Waals surface area contributed by atoms with E-state index in [1.807, 2.05) is 18.5 Å². The Morgan fingerprint density at radius 3 is 2.84 bits per heavy atom. The first-order valence-electron chi connectivity index (χ1n) is 6.84. The summed E-state index contributed by atoms with van der Waals surface area (Å²) in [7, 11) is 0. The third-order valence-electron chi connectivity index (χ3n) is 3.07. The Bertz CT molecular complexity index is 480. The summed E-state index contributed by atoms with van der Waals surface area (Å²) in [5.41, 5.74) is 1.02. The number of hydrogen-bond acceptors (Lipinski definition) is 4. The molecule has 1 atom stereocenters. The first-order chi connectivity index (χ1) is 9.35. The van der Waals surface area contributed by atoms with E-state index in [4.69, 9.17) is 0 Å². The van der Waals surface area contributed by atoms with Crippen molar-refractivity contribution in [2.75, 3.05) is 6.54 Å². The Balaban J connectivity index is 2.14. The van der Waals surface area contributed by atoms with Gasteiger partial charge in [0.05, 0.1) is 11.7 Å². The van der Waals surface area contributed by atoms with Crippen LogP contribution < -0.4 is 5.32 Å². The van der Waals surface area contributed by atoms with Gasteiger partial charge in [0.1, 0.15) is 12.2 Å². The zero-order valence-corrected chi connectivity index (χ0v) is 11.6. The zero-order valence-electron chi connectivity index (χ0n) is 11.6. The van der Waals surface area contributed by atoms with Crippen molar-refractivity contribution in [3.05, 3.63) is 42.5 Å². The zero-order chi connectivity index (χ0) is 13.5. The van der Waals surface area contributed by atoms with Gasteiger partial charge in [-0.25, -0.2) is 15.0 Å². The highest BCUT2D eigenvalue weighted by molar-refractivity contribution is 5.08. The van der Waals surface area contributed by atoms with E-state index in [1.165, 1.54) is 0 Å². The average molecular weight is 259 g/mol. The summed E-state index contributed by atoms with van der Waals surface area (Å²) < 4.78 is 2.21. The van der Waals surface area contributed by atoms with E-state index >= 15 is 0 Å². The van der Waals surface area contributed by atoms with E-state index in [-0.39, 0.29) is 6.04 Å². The number of hydrogen-bond donors (Lipinski definition) is 1. The maximum absolute atomic E-state index is 4.46. The highest BCUT2D eigenvalue weighted by Crippen LogP contribution is 2.15. The monoisotopic (exact) mass is 259 g/mol. The largest absolute Gasteiger partial charge is 0.335 e. The van der Waals surface area contributed by atoms with Crippen LogP contribution in [0.1, 0.15) is 37.8 Å². The third-order valence-corrected chi connectivity index (χ3v) is 3.07. The van der Waals surface area contributed by atoms with Gasteiger partial charge in [-0.1, -0.05) is 13.8 Å². The fraction of sp³-hybridized carbons (Fsp3) is 0.500. The van der Waals surface area contributed by atoms with Gasteiger partial charge >= 0.3 is 0 Å². The molecule has 5 nitrogen and oxygen atoms in total. The summed E-state index contributed by atoms with van der Waals surface area (Å²) in [5, 5.41) is 3.46. The van der Waals surface area contributed by atoms with Crippen LogP contribution in [0, 0.1) is 0 Å². The molecule has 2 aromatic rings. The predicted molar refractivity (Wildman–Crippen MR) is 74.7 cm³/mol. The minimum absolute atomic E-state index is 0.186. The summed E-state index contributed by atoms with van der Waals surface area (Å²) in [6.07, 6.45) is 9.25. The van der Waals surface area contributed by atoms with Gasteiger partial charge in [-0.15, -0.1) is 0 Å². The summed E-state index contributed by atoms with van der Waals surface area (Å²) in [4.78, 5) is 12.8. The molecule has 2 aromatic heterocycles. The molecule has 0 saturated heterocycles. The highest BCUT2D eigenvalue weighted by atomic mass is 15.1. The molecule has 1 N–H and O–H groups in total. The molecular weight excluding hydrogens is 238 g/mol. The normalized spacial score (nSPS) is 12.5. The molecule has 0 amide bonds. The second kappa shape index (κ2) is 6.99. The van der Waals surface area contributed by atoms with Gasteiger partial charge in [0.25, 0.3) is 0 Å². The van der Waals surface area contributed by atoms with E-state index in [0.717, 1.165) is 37.4 Å². The van der Waals surface area contributed by atoms with Gasteiger partial charge in [-0.05, 0) is 19.0 Å². The highest BCUT2D eigenvalue weighted by Gasteiger charge is 2.15. The van der Waals surface area contributed by atoms with Crippen LogP contribution in [-0.2, 0) is 13.0 Å². The number of rotatable bonds is 7. The van der Waals surface area contributed by atoms with Crippen LogP contribution in [-0.4, -0.2) is 26.1 Å². The number of nitrogens with one attached hydrogen (secondary N) is 1. The van der Waals surface area contributed by atoms with Crippen molar-refractivity contribution in [2.24, 2.45) is 0 Å². The van der Waals surface area contributed by atoms with Crippen molar-refractivity contribution in [1.82, 2.24) is 24.8 Å². The van der Waals surface area contributed by atoms with Crippen LogP contribution in [0.3, 0.4) is 0 Å². The van der Waals surface area contributed by atoms with Crippen molar-refractivity contribution in [1.29, 1.82) is 0 Å². The molecule has 102 valence electrons. The minimum Gasteiger partial charge on any atom is -0.335 e. The fourth-order valence-corrected chi connectivity index (χ4v) is 2.19. The number of aromatic nitrogens is 4. The first-order valence-corrected chi connectivity index (χ1v) is 6.84. The van der Waals surface area contributed by atoms with Gasteiger partial charge < -0.3 is 9.88 Å². The summed E-state index contributed by atoms with van der Waals surface area (Å²) in [6, 6.07) is 2.14. The van der Waals surface area contributed by atoms with Gasteiger partial charge in [-0.3, -0.25) is 0 Å². The molecule has 0 fully saturated rings. The first kappa shape index (κ1) is 13.7. The van der Waals surface area contributed by atoms with Crippen LogP contribution >= 0.6 is 0 Å². The van der Waals surface area contributed by atoms with Crippen molar-refractivity contribution < 1.29 is 0 Å². The number of aryl methyl sites for hydroxylation is 1. The second-order valence-electron chi connectivity index (χ2n) is 4.49. The molecule has 0 bridgehead atoms. The molecule has 19 heavy (non-hydrogen) atoms. The molecular formula is C14H21N5. The Morgan fingerprint density at radius 2 is 2.16 bits per heavy atom. The smallest absolute Gasteiger partial charge is 0.115 e. The van der Waals surface area contributed by atoms with Gasteiger partial charge in [0.15, 0.2) is 0 Å². The number of imidazole rings is 1. The van der Waals surface area contributed by atoms with E-state index < -0.39 is 0 Å². The molecule has 0 aromatic carbocycles. The van der Waals surface area contributed by atoms with Crippen molar-refractivity contribution in [3.8, 4) is 0 Å². The lowest BCUT2D eigenvalue weighted by Gasteiger charge is -2.17. The quantitative estimate of drug-likeness (QED) is 0.826.